The summed E-state index contributed by atoms with van der Waals surface area (Å²) in [6.07, 6.45) is 1.82. The molecule has 0 amide bonds. The maximum Gasteiger partial charge on any atom is 0.246 e. The second-order valence-corrected chi connectivity index (χ2v) is 4.99. The van der Waals surface area contributed by atoms with Crippen molar-refractivity contribution in [2.75, 3.05) is 19.8 Å². The third-order valence-corrected chi connectivity index (χ3v) is 3.56. The van der Waals surface area contributed by atoms with Crippen molar-refractivity contribution in [2.24, 2.45) is 0 Å². The van der Waals surface area contributed by atoms with Gasteiger partial charge in [-0.3, -0.25) is 9.88 Å². The van der Waals surface area contributed by atoms with Crippen molar-refractivity contribution < 1.29 is 9.26 Å². The summed E-state index contributed by atoms with van der Waals surface area (Å²) in [6.45, 7) is 6.83. The topological polar surface area (TPSA) is 64.3 Å². The van der Waals surface area contributed by atoms with Gasteiger partial charge in [0.15, 0.2) is 5.82 Å². The minimum absolute atomic E-state index is 0.0181. The standard InChI is InChI=1S/C14H18N4O2/c1-10-12(4-3-5-15-10)8-18-6-7-19-9-13(18)14-16-11(2)17-20-14/h3-5,13H,6-9H2,1-2H3/t13-/m0/s1. The summed E-state index contributed by atoms with van der Waals surface area (Å²) in [5, 5.41) is 3.87. The highest BCUT2D eigenvalue weighted by atomic mass is 16.5. The zero-order valence-electron chi connectivity index (χ0n) is 11.7. The molecule has 0 bridgehead atoms. The first-order valence-electron chi connectivity index (χ1n) is 6.76. The van der Waals surface area contributed by atoms with Crippen LogP contribution >= 0.6 is 0 Å². The maximum absolute atomic E-state index is 5.56. The van der Waals surface area contributed by atoms with E-state index in [9.17, 15) is 0 Å². The lowest BCUT2D eigenvalue weighted by Crippen LogP contribution is -2.39. The predicted molar refractivity (Wildman–Crippen MR) is 72.0 cm³/mol. The minimum atomic E-state index is 0.0181. The van der Waals surface area contributed by atoms with Gasteiger partial charge >= 0.3 is 0 Å². The Morgan fingerprint density at radius 2 is 2.30 bits per heavy atom. The van der Waals surface area contributed by atoms with Gasteiger partial charge in [-0.15, -0.1) is 0 Å². The van der Waals surface area contributed by atoms with Crippen molar-refractivity contribution in [3.63, 3.8) is 0 Å². The number of aryl methyl sites for hydroxylation is 2. The van der Waals surface area contributed by atoms with E-state index in [1.807, 2.05) is 26.1 Å². The molecule has 6 heteroatoms. The molecule has 0 unspecified atom stereocenters. The fraction of sp³-hybridized carbons (Fsp3) is 0.500. The molecule has 0 saturated carbocycles. The van der Waals surface area contributed by atoms with Crippen molar-refractivity contribution in [2.45, 2.75) is 26.4 Å². The molecule has 6 nitrogen and oxygen atoms in total. The highest BCUT2D eigenvalue weighted by Gasteiger charge is 2.29. The molecule has 1 aliphatic heterocycles. The Bertz CT molecular complexity index is 584. The van der Waals surface area contributed by atoms with Crippen molar-refractivity contribution in [1.29, 1.82) is 0 Å². The van der Waals surface area contributed by atoms with Crippen LogP contribution in [0.25, 0.3) is 0 Å². The zero-order chi connectivity index (χ0) is 13.9. The highest BCUT2D eigenvalue weighted by molar-refractivity contribution is 5.18. The molecule has 2 aromatic heterocycles. The van der Waals surface area contributed by atoms with Gasteiger partial charge in [0.1, 0.15) is 6.04 Å². The molecule has 2 aromatic rings. The van der Waals surface area contributed by atoms with Crippen LogP contribution in [0.5, 0.6) is 0 Å². The van der Waals surface area contributed by atoms with Crippen LogP contribution in [0.2, 0.25) is 0 Å². The second-order valence-electron chi connectivity index (χ2n) is 4.99. The van der Waals surface area contributed by atoms with E-state index in [2.05, 4.69) is 26.1 Å². The number of rotatable bonds is 3. The quantitative estimate of drug-likeness (QED) is 0.848. The summed E-state index contributed by atoms with van der Waals surface area (Å²) < 4.78 is 10.9. The molecule has 1 fully saturated rings. The van der Waals surface area contributed by atoms with Crippen molar-refractivity contribution in [3.8, 4) is 0 Å². The largest absolute Gasteiger partial charge is 0.378 e. The minimum Gasteiger partial charge on any atom is -0.378 e. The fourth-order valence-electron chi connectivity index (χ4n) is 2.41. The van der Waals surface area contributed by atoms with Gasteiger partial charge in [0, 0.05) is 25.0 Å². The molecule has 1 saturated heterocycles. The molecule has 0 radical (unpaired) electrons. The number of pyridine rings is 1. The van der Waals surface area contributed by atoms with Gasteiger partial charge in [0.2, 0.25) is 5.89 Å². The zero-order valence-corrected chi connectivity index (χ0v) is 11.7. The molecule has 1 aliphatic rings. The Kier molecular flexibility index (Phi) is 3.75. The van der Waals surface area contributed by atoms with Crippen LogP contribution in [-0.2, 0) is 11.3 Å². The average Bonchev–Trinajstić information content (AvgIpc) is 2.88. The van der Waals surface area contributed by atoms with Crippen LogP contribution < -0.4 is 0 Å². The molecular formula is C14H18N4O2. The normalized spacial score (nSPS) is 20.2. The van der Waals surface area contributed by atoms with Gasteiger partial charge in [-0.1, -0.05) is 11.2 Å². The Labute approximate surface area is 117 Å². The number of hydrogen-bond acceptors (Lipinski definition) is 6. The molecular weight excluding hydrogens is 256 g/mol. The molecule has 3 rings (SSSR count). The molecule has 0 N–H and O–H groups in total. The van der Waals surface area contributed by atoms with E-state index in [0.29, 0.717) is 18.3 Å². The summed E-state index contributed by atoms with van der Waals surface area (Å²) in [4.78, 5) is 11.0. The Hall–Kier alpha value is -1.79. The number of aromatic nitrogens is 3. The number of morpholine rings is 1. The van der Waals surface area contributed by atoms with E-state index in [0.717, 1.165) is 25.4 Å². The van der Waals surface area contributed by atoms with E-state index >= 15 is 0 Å². The van der Waals surface area contributed by atoms with Crippen molar-refractivity contribution in [3.05, 3.63) is 41.3 Å². The number of hydrogen-bond donors (Lipinski definition) is 0. The van der Waals surface area contributed by atoms with Gasteiger partial charge in [-0.05, 0) is 25.5 Å². The van der Waals surface area contributed by atoms with Crippen LogP contribution in [0.15, 0.2) is 22.9 Å². The van der Waals surface area contributed by atoms with Gasteiger partial charge in [-0.25, -0.2) is 0 Å². The molecule has 20 heavy (non-hydrogen) atoms. The first-order valence-corrected chi connectivity index (χ1v) is 6.76. The van der Waals surface area contributed by atoms with Crippen LogP contribution in [-0.4, -0.2) is 39.8 Å². The molecule has 0 aliphatic carbocycles. The first kappa shape index (κ1) is 13.2. The van der Waals surface area contributed by atoms with Gasteiger partial charge < -0.3 is 9.26 Å². The lowest BCUT2D eigenvalue weighted by atomic mass is 10.1. The summed E-state index contributed by atoms with van der Waals surface area (Å²) in [6, 6.07) is 4.09. The van der Waals surface area contributed by atoms with E-state index in [4.69, 9.17) is 9.26 Å². The van der Waals surface area contributed by atoms with Crippen LogP contribution in [0, 0.1) is 13.8 Å². The maximum atomic E-state index is 5.56. The van der Waals surface area contributed by atoms with Crippen molar-refractivity contribution >= 4 is 0 Å². The van der Waals surface area contributed by atoms with E-state index in [-0.39, 0.29) is 6.04 Å². The first-order chi connectivity index (χ1) is 9.74. The summed E-state index contributed by atoms with van der Waals surface area (Å²) in [5.74, 6) is 1.28. The van der Waals surface area contributed by atoms with E-state index < -0.39 is 0 Å². The van der Waals surface area contributed by atoms with Gasteiger partial charge in [0.25, 0.3) is 0 Å². The Morgan fingerprint density at radius 1 is 1.40 bits per heavy atom. The number of ether oxygens (including phenoxy) is 1. The molecule has 3 heterocycles. The third kappa shape index (κ3) is 2.71. The van der Waals surface area contributed by atoms with Crippen molar-refractivity contribution in [1.82, 2.24) is 20.0 Å². The molecule has 1 atom stereocenters. The summed E-state index contributed by atoms with van der Waals surface area (Å²) in [7, 11) is 0. The molecule has 106 valence electrons. The van der Waals surface area contributed by atoms with E-state index in [1.165, 1.54) is 5.56 Å². The molecule has 0 spiro atoms. The highest BCUT2D eigenvalue weighted by Crippen LogP contribution is 2.25. The predicted octanol–water partition coefficient (Wildman–Crippen LogP) is 1.65. The smallest absolute Gasteiger partial charge is 0.246 e. The average molecular weight is 274 g/mol. The van der Waals surface area contributed by atoms with Crippen LogP contribution in [0.4, 0.5) is 0 Å². The van der Waals surface area contributed by atoms with Gasteiger partial charge in [0.05, 0.1) is 13.2 Å². The summed E-state index contributed by atoms with van der Waals surface area (Å²) in [5.41, 5.74) is 2.27. The van der Waals surface area contributed by atoms with Gasteiger partial charge in [-0.2, -0.15) is 4.98 Å². The lowest BCUT2D eigenvalue weighted by molar-refractivity contribution is -0.0242. The van der Waals surface area contributed by atoms with Crippen LogP contribution in [0.1, 0.15) is 29.0 Å². The second kappa shape index (κ2) is 5.68. The Morgan fingerprint density at radius 3 is 3.05 bits per heavy atom. The van der Waals surface area contributed by atoms with Crippen LogP contribution in [0.3, 0.4) is 0 Å². The lowest BCUT2D eigenvalue weighted by Gasteiger charge is -2.33. The van der Waals surface area contributed by atoms with E-state index in [1.54, 1.807) is 0 Å². The fourth-order valence-corrected chi connectivity index (χ4v) is 2.41. The Balaban J connectivity index is 1.81. The monoisotopic (exact) mass is 274 g/mol. The molecule has 0 aromatic carbocycles. The number of nitrogens with zero attached hydrogens (tertiary/aromatic N) is 4. The third-order valence-electron chi connectivity index (χ3n) is 3.56. The SMILES string of the molecule is Cc1noc([C@@H]2COCCN2Cc2cccnc2C)n1. The summed E-state index contributed by atoms with van der Waals surface area (Å²) >= 11 is 0.